The van der Waals surface area contributed by atoms with Crippen molar-refractivity contribution in [3.05, 3.63) is 113 Å². The first kappa shape index (κ1) is 25.2. The largest absolute Gasteiger partial charge is 0.429 e. The Balaban J connectivity index is 1.58. The van der Waals surface area contributed by atoms with Crippen molar-refractivity contribution in [2.24, 2.45) is 0 Å². The average molecular weight is 508 g/mol. The Morgan fingerprint density at radius 3 is 1.58 bits per heavy atom. The highest BCUT2D eigenvalue weighted by atomic mass is 19.4. The van der Waals surface area contributed by atoms with Crippen LogP contribution in [-0.2, 0) is 12.3 Å². The molecule has 0 aromatic heterocycles. The van der Waals surface area contributed by atoms with Crippen molar-refractivity contribution in [3.8, 4) is 28.0 Å². The van der Waals surface area contributed by atoms with Crippen LogP contribution in [0.4, 0.5) is 35.1 Å². The van der Waals surface area contributed by atoms with Crippen LogP contribution in [0, 0.1) is 24.4 Å². The molecule has 0 aliphatic rings. The topological polar surface area (TPSA) is 9.23 Å². The van der Waals surface area contributed by atoms with Crippen molar-refractivity contribution in [3.63, 3.8) is 0 Å². The van der Waals surface area contributed by atoms with Gasteiger partial charge >= 0.3 is 12.3 Å². The van der Waals surface area contributed by atoms with Gasteiger partial charge in [0.05, 0.1) is 11.1 Å². The minimum Gasteiger partial charge on any atom is -0.429 e. The lowest BCUT2D eigenvalue weighted by atomic mass is 9.97. The number of halogens is 8. The van der Waals surface area contributed by atoms with Gasteiger partial charge in [-0.05, 0) is 42.3 Å². The molecule has 0 unspecified atom stereocenters. The van der Waals surface area contributed by atoms with Crippen LogP contribution in [0.5, 0.6) is 5.75 Å². The zero-order chi connectivity index (χ0) is 26.3. The second-order valence-corrected chi connectivity index (χ2v) is 7.99. The molecule has 186 valence electrons. The molecule has 0 amide bonds. The quantitative estimate of drug-likeness (QED) is 0.245. The lowest BCUT2D eigenvalue weighted by molar-refractivity contribution is -0.185. The minimum absolute atomic E-state index is 0.0385. The summed E-state index contributed by atoms with van der Waals surface area (Å²) in [5.41, 5.74) is -0.965. The molecule has 0 fully saturated rings. The van der Waals surface area contributed by atoms with E-state index in [4.69, 9.17) is 0 Å². The van der Waals surface area contributed by atoms with Crippen LogP contribution in [0.2, 0.25) is 0 Å². The van der Waals surface area contributed by atoms with Gasteiger partial charge in [0.15, 0.2) is 11.6 Å². The number of hydrogen-bond acceptors (Lipinski definition) is 1. The molecule has 0 bridgehead atoms. The summed E-state index contributed by atoms with van der Waals surface area (Å²) in [5, 5.41) is 0. The Bertz CT molecular complexity index is 1390. The highest BCUT2D eigenvalue weighted by Crippen LogP contribution is 2.37. The average Bonchev–Trinajstić information content (AvgIpc) is 2.80. The molecular formula is C27H16F8O. The molecule has 4 aromatic rings. The highest BCUT2D eigenvalue weighted by molar-refractivity contribution is 5.72. The molecule has 0 atom stereocenters. The van der Waals surface area contributed by atoms with Crippen molar-refractivity contribution >= 4 is 0 Å². The molecule has 0 aliphatic carbocycles. The zero-order valence-corrected chi connectivity index (χ0v) is 18.4. The third-order valence-corrected chi connectivity index (χ3v) is 5.47. The van der Waals surface area contributed by atoms with Crippen LogP contribution in [0.25, 0.3) is 22.3 Å². The first-order valence-electron chi connectivity index (χ1n) is 10.5. The van der Waals surface area contributed by atoms with Gasteiger partial charge in [0, 0.05) is 17.2 Å². The normalized spacial score (nSPS) is 12.0. The Labute approximate surface area is 200 Å². The Kier molecular flexibility index (Phi) is 6.51. The van der Waals surface area contributed by atoms with Crippen molar-refractivity contribution < 1.29 is 39.9 Å². The maximum absolute atomic E-state index is 14.8. The SMILES string of the molecule is Cc1ccc(-c2ccc(-c3ccc(C(F)(F)Oc4ccc(C(F)(F)F)c(F)c4)cc3)c(F)c2F)cc1. The summed E-state index contributed by atoms with van der Waals surface area (Å²) in [7, 11) is 0. The van der Waals surface area contributed by atoms with Gasteiger partial charge in [0.2, 0.25) is 0 Å². The van der Waals surface area contributed by atoms with Crippen LogP contribution in [0.3, 0.4) is 0 Å². The number of hydrogen-bond donors (Lipinski definition) is 0. The molecule has 4 rings (SSSR count). The monoisotopic (exact) mass is 508 g/mol. The fourth-order valence-corrected chi connectivity index (χ4v) is 3.57. The molecule has 9 heteroatoms. The van der Waals surface area contributed by atoms with Crippen molar-refractivity contribution in [1.82, 2.24) is 0 Å². The van der Waals surface area contributed by atoms with E-state index in [1.54, 1.807) is 24.3 Å². The smallest absolute Gasteiger partial charge is 0.426 e. The van der Waals surface area contributed by atoms with E-state index >= 15 is 0 Å². The van der Waals surface area contributed by atoms with E-state index < -0.39 is 46.6 Å². The van der Waals surface area contributed by atoms with Gasteiger partial charge in [-0.25, -0.2) is 13.2 Å². The third kappa shape index (κ3) is 5.05. The molecule has 1 nitrogen and oxygen atoms in total. The maximum atomic E-state index is 14.8. The summed E-state index contributed by atoms with van der Waals surface area (Å²) in [6.07, 6.45) is -9.04. The summed E-state index contributed by atoms with van der Waals surface area (Å²) >= 11 is 0. The van der Waals surface area contributed by atoms with E-state index in [-0.39, 0.29) is 22.8 Å². The fraction of sp³-hybridized carbons (Fsp3) is 0.111. The molecule has 0 radical (unpaired) electrons. The van der Waals surface area contributed by atoms with E-state index in [0.717, 1.165) is 29.8 Å². The van der Waals surface area contributed by atoms with Crippen molar-refractivity contribution in [1.29, 1.82) is 0 Å². The number of alkyl halides is 5. The molecule has 0 saturated carbocycles. The second-order valence-electron chi connectivity index (χ2n) is 7.99. The highest BCUT2D eigenvalue weighted by Gasteiger charge is 2.37. The Morgan fingerprint density at radius 2 is 1.11 bits per heavy atom. The van der Waals surface area contributed by atoms with Gasteiger partial charge in [-0.15, -0.1) is 0 Å². The second kappa shape index (κ2) is 9.29. The summed E-state index contributed by atoms with van der Waals surface area (Å²) in [6.45, 7) is 1.85. The van der Waals surface area contributed by atoms with Crippen LogP contribution in [0.15, 0.2) is 78.9 Å². The molecule has 0 heterocycles. The van der Waals surface area contributed by atoms with E-state index in [0.29, 0.717) is 17.7 Å². The lowest BCUT2D eigenvalue weighted by Crippen LogP contribution is -2.22. The first-order chi connectivity index (χ1) is 16.9. The Morgan fingerprint density at radius 1 is 0.611 bits per heavy atom. The molecule has 4 aromatic carbocycles. The van der Waals surface area contributed by atoms with Gasteiger partial charge in [-0.2, -0.15) is 22.0 Å². The summed E-state index contributed by atoms with van der Waals surface area (Å²) in [5.74, 6) is -4.85. The van der Waals surface area contributed by atoms with E-state index in [1.165, 1.54) is 12.1 Å². The number of rotatable bonds is 5. The van der Waals surface area contributed by atoms with E-state index in [9.17, 15) is 35.1 Å². The van der Waals surface area contributed by atoms with Gasteiger partial charge in [0.25, 0.3) is 0 Å². The predicted molar refractivity (Wildman–Crippen MR) is 118 cm³/mol. The van der Waals surface area contributed by atoms with Crippen LogP contribution in [0.1, 0.15) is 16.7 Å². The lowest BCUT2D eigenvalue weighted by Gasteiger charge is -2.19. The molecular weight excluding hydrogens is 492 g/mol. The first-order valence-corrected chi connectivity index (χ1v) is 10.5. The molecule has 36 heavy (non-hydrogen) atoms. The van der Waals surface area contributed by atoms with Gasteiger partial charge in [0.1, 0.15) is 11.6 Å². The fourth-order valence-electron chi connectivity index (χ4n) is 3.57. The van der Waals surface area contributed by atoms with Gasteiger partial charge in [-0.1, -0.05) is 54.1 Å². The van der Waals surface area contributed by atoms with Crippen molar-refractivity contribution in [2.75, 3.05) is 0 Å². The molecule has 0 N–H and O–H groups in total. The predicted octanol–water partition coefficient (Wildman–Crippen LogP) is 8.89. The summed E-state index contributed by atoms with van der Waals surface area (Å²) < 4.78 is 115. The molecule has 0 spiro atoms. The van der Waals surface area contributed by atoms with E-state index in [1.807, 2.05) is 6.92 Å². The summed E-state index contributed by atoms with van der Waals surface area (Å²) in [6, 6.07) is 14.6. The van der Waals surface area contributed by atoms with Gasteiger partial charge < -0.3 is 4.74 Å². The molecule has 0 aliphatic heterocycles. The summed E-state index contributed by atoms with van der Waals surface area (Å²) in [4.78, 5) is 0. The standard InChI is InChI=1S/C27H16F8O/c1-15-2-4-16(5-3-15)20-11-12-21(25(30)24(20)29)17-6-8-18(9-7-17)27(34,35)36-19-10-13-22(23(28)14-19)26(31,32)33/h2-14H,1H3. The van der Waals surface area contributed by atoms with Crippen LogP contribution in [-0.4, -0.2) is 0 Å². The van der Waals surface area contributed by atoms with Crippen LogP contribution >= 0.6 is 0 Å². The third-order valence-electron chi connectivity index (χ3n) is 5.47. The molecule has 0 saturated heterocycles. The van der Waals surface area contributed by atoms with Gasteiger partial charge in [-0.3, -0.25) is 0 Å². The Hall–Kier alpha value is -3.88. The maximum Gasteiger partial charge on any atom is 0.426 e. The number of benzene rings is 4. The van der Waals surface area contributed by atoms with E-state index in [2.05, 4.69) is 4.74 Å². The zero-order valence-electron chi connectivity index (χ0n) is 18.4. The van der Waals surface area contributed by atoms with Crippen LogP contribution < -0.4 is 4.74 Å². The number of ether oxygens (including phenoxy) is 1. The number of aryl methyl sites for hydroxylation is 1. The minimum atomic E-state index is -4.99. The van der Waals surface area contributed by atoms with Crippen molar-refractivity contribution in [2.45, 2.75) is 19.2 Å².